The summed E-state index contributed by atoms with van der Waals surface area (Å²) in [6, 6.07) is 0.139. The van der Waals surface area contributed by atoms with Gasteiger partial charge in [-0.05, 0) is 0 Å². The van der Waals surface area contributed by atoms with Gasteiger partial charge in [0.2, 0.25) is 0 Å². The molecule has 2 aliphatic heterocycles. The molecule has 1 amide bonds. The molecule has 2 fully saturated rings. The van der Waals surface area contributed by atoms with Crippen LogP contribution in [-0.4, -0.2) is 56.5 Å². The highest BCUT2D eigenvalue weighted by Gasteiger charge is 2.37. The first-order chi connectivity index (χ1) is 6.33. The van der Waals surface area contributed by atoms with Crippen molar-refractivity contribution in [2.45, 2.75) is 12.1 Å². The van der Waals surface area contributed by atoms with E-state index < -0.39 is 0 Å². The van der Waals surface area contributed by atoms with Gasteiger partial charge in [0.1, 0.15) is 6.61 Å². The number of ether oxygens (including phenoxy) is 2. The van der Waals surface area contributed by atoms with E-state index in [1.165, 1.54) is 0 Å². The minimum atomic E-state index is -0.212. The Morgan fingerprint density at radius 1 is 1.62 bits per heavy atom. The van der Waals surface area contributed by atoms with Gasteiger partial charge in [-0.1, -0.05) is 0 Å². The summed E-state index contributed by atoms with van der Waals surface area (Å²) < 4.78 is 10.1. The quantitative estimate of drug-likeness (QED) is 0.627. The molecule has 2 rings (SSSR count). The first kappa shape index (κ1) is 8.77. The van der Waals surface area contributed by atoms with E-state index >= 15 is 0 Å². The molecule has 13 heavy (non-hydrogen) atoms. The Hall–Kier alpha value is -0.810. The summed E-state index contributed by atoms with van der Waals surface area (Å²) in [5.74, 6) is 0. The van der Waals surface area contributed by atoms with Crippen LogP contribution in [0.1, 0.15) is 0 Å². The second-order valence-corrected chi connectivity index (χ2v) is 3.31. The van der Waals surface area contributed by atoms with E-state index in [4.69, 9.17) is 9.47 Å². The summed E-state index contributed by atoms with van der Waals surface area (Å²) in [4.78, 5) is 13.0. The van der Waals surface area contributed by atoms with Crippen LogP contribution < -0.4 is 5.32 Å². The molecule has 5 nitrogen and oxygen atoms in total. The number of amides is 1. The molecule has 74 valence electrons. The average molecular weight is 186 g/mol. The van der Waals surface area contributed by atoms with Gasteiger partial charge < -0.3 is 14.8 Å². The molecule has 5 heteroatoms. The number of cyclic esters (lactones) is 1. The number of methoxy groups -OCH3 is 1. The van der Waals surface area contributed by atoms with Gasteiger partial charge in [-0.25, -0.2) is 4.79 Å². The van der Waals surface area contributed by atoms with Crippen LogP contribution in [0, 0.1) is 0 Å². The predicted octanol–water partition coefficient (Wildman–Crippen LogP) is -0.575. The van der Waals surface area contributed by atoms with Gasteiger partial charge in [0.25, 0.3) is 0 Å². The number of hydrogen-bond donors (Lipinski definition) is 1. The predicted molar refractivity (Wildman–Crippen MR) is 45.5 cm³/mol. The normalized spacial score (nSPS) is 33.9. The lowest BCUT2D eigenvalue weighted by molar-refractivity contribution is 0.0597. The molecule has 0 aliphatic carbocycles. The zero-order valence-corrected chi connectivity index (χ0v) is 7.66. The lowest BCUT2D eigenvalue weighted by Gasteiger charge is -2.25. The van der Waals surface area contributed by atoms with Crippen LogP contribution in [0.2, 0.25) is 0 Å². The van der Waals surface area contributed by atoms with Crippen LogP contribution in [0.4, 0.5) is 4.79 Å². The van der Waals surface area contributed by atoms with Crippen LogP contribution in [0.5, 0.6) is 0 Å². The van der Waals surface area contributed by atoms with Crippen molar-refractivity contribution in [1.29, 1.82) is 0 Å². The molecule has 0 aromatic rings. The Balaban J connectivity index is 2.02. The first-order valence-corrected chi connectivity index (χ1v) is 4.50. The monoisotopic (exact) mass is 186 g/mol. The highest BCUT2D eigenvalue weighted by Crippen LogP contribution is 2.16. The standard InChI is InChI=1S/C8H14N2O3/c1-12-7-5-9-4-6(7)10-2-3-13-8(10)11/h6-7,9H,2-5H2,1H3/t6?,7-/m0/s1. The van der Waals surface area contributed by atoms with E-state index in [0.717, 1.165) is 13.1 Å². The van der Waals surface area contributed by atoms with E-state index in [-0.39, 0.29) is 18.2 Å². The van der Waals surface area contributed by atoms with Crippen LogP contribution in [-0.2, 0) is 9.47 Å². The van der Waals surface area contributed by atoms with Crippen molar-refractivity contribution in [3.63, 3.8) is 0 Å². The van der Waals surface area contributed by atoms with E-state index in [0.29, 0.717) is 13.2 Å². The summed E-state index contributed by atoms with van der Waals surface area (Å²) in [5.41, 5.74) is 0. The van der Waals surface area contributed by atoms with Crippen molar-refractivity contribution in [2.75, 3.05) is 33.4 Å². The van der Waals surface area contributed by atoms with Gasteiger partial charge >= 0.3 is 6.09 Å². The first-order valence-electron chi connectivity index (χ1n) is 4.50. The van der Waals surface area contributed by atoms with Crippen molar-refractivity contribution in [3.05, 3.63) is 0 Å². The fraction of sp³-hybridized carbons (Fsp3) is 0.875. The van der Waals surface area contributed by atoms with Crippen molar-refractivity contribution >= 4 is 6.09 Å². The Kier molecular flexibility index (Phi) is 2.37. The number of carbonyl (C=O) groups excluding carboxylic acids is 1. The molecule has 2 heterocycles. The number of hydrogen-bond acceptors (Lipinski definition) is 4. The molecule has 0 spiro atoms. The van der Waals surface area contributed by atoms with Crippen molar-refractivity contribution in [3.8, 4) is 0 Å². The van der Waals surface area contributed by atoms with Crippen LogP contribution in [0.15, 0.2) is 0 Å². The molecule has 1 N–H and O–H groups in total. The lowest BCUT2D eigenvalue weighted by atomic mass is 10.2. The van der Waals surface area contributed by atoms with Crippen LogP contribution in [0.25, 0.3) is 0 Å². The topological polar surface area (TPSA) is 50.8 Å². The van der Waals surface area contributed by atoms with Crippen molar-refractivity contribution in [2.24, 2.45) is 0 Å². The van der Waals surface area contributed by atoms with Gasteiger partial charge in [0.15, 0.2) is 0 Å². The Morgan fingerprint density at radius 2 is 2.46 bits per heavy atom. The van der Waals surface area contributed by atoms with Crippen LogP contribution >= 0.6 is 0 Å². The molecule has 0 bridgehead atoms. The summed E-state index contributed by atoms with van der Waals surface area (Å²) >= 11 is 0. The second kappa shape index (κ2) is 3.51. The van der Waals surface area contributed by atoms with Gasteiger partial charge in [-0.15, -0.1) is 0 Å². The zero-order chi connectivity index (χ0) is 9.26. The number of rotatable bonds is 2. The second-order valence-electron chi connectivity index (χ2n) is 3.31. The maximum Gasteiger partial charge on any atom is 0.410 e. The Bertz CT molecular complexity index is 210. The molecule has 2 aliphatic rings. The van der Waals surface area contributed by atoms with Gasteiger partial charge in [0, 0.05) is 20.2 Å². The number of nitrogens with one attached hydrogen (secondary N) is 1. The highest BCUT2D eigenvalue weighted by molar-refractivity contribution is 5.70. The maximum atomic E-state index is 11.2. The lowest BCUT2D eigenvalue weighted by Crippen LogP contribution is -2.44. The number of carbonyl (C=O) groups is 1. The summed E-state index contributed by atoms with van der Waals surface area (Å²) in [6.07, 6.45) is -0.110. The third kappa shape index (κ3) is 1.49. The molecule has 0 aromatic heterocycles. The SMILES string of the molecule is CO[C@H]1CNCC1N1CCOC1=O. The fourth-order valence-corrected chi connectivity index (χ4v) is 1.90. The van der Waals surface area contributed by atoms with Gasteiger partial charge in [0.05, 0.1) is 18.7 Å². The minimum absolute atomic E-state index is 0.102. The summed E-state index contributed by atoms with van der Waals surface area (Å²) in [7, 11) is 1.67. The maximum absolute atomic E-state index is 11.2. The Morgan fingerprint density at radius 3 is 3.08 bits per heavy atom. The summed E-state index contributed by atoms with van der Waals surface area (Å²) in [6.45, 7) is 2.80. The minimum Gasteiger partial charge on any atom is -0.448 e. The summed E-state index contributed by atoms with van der Waals surface area (Å²) in [5, 5.41) is 3.20. The fourth-order valence-electron chi connectivity index (χ4n) is 1.90. The smallest absolute Gasteiger partial charge is 0.410 e. The van der Waals surface area contributed by atoms with Gasteiger partial charge in [-0.2, -0.15) is 0 Å². The number of nitrogens with zero attached hydrogens (tertiary/aromatic N) is 1. The Labute approximate surface area is 77.0 Å². The van der Waals surface area contributed by atoms with E-state index in [1.807, 2.05) is 0 Å². The molecule has 2 atom stereocenters. The van der Waals surface area contributed by atoms with Crippen LogP contribution in [0.3, 0.4) is 0 Å². The molecule has 2 saturated heterocycles. The zero-order valence-electron chi connectivity index (χ0n) is 7.66. The third-order valence-corrected chi connectivity index (χ3v) is 2.62. The molecule has 0 radical (unpaired) electrons. The third-order valence-electron chi connectivity index (χ3n) is 2.62. The molecular formula is C8H14N2O3. The highest BCUT2D eigenvalue weighted by atomic mass is 16.6. The largest absolute Gasteiger partial charge is 0.448 e. The van der Waals surface area contributed by atoms with E-state index in [1.54, 1.807) is 12.0 Å². The van der Waals surface area contributed by atoms with Gasteiger partial charge in [-0.3, -0.25) is 4.90 Å². The van der Waals surface area contributed by atoms with E-state index in [9.17, 15) is 4.79 Å². The molecule has 1 unspecified atom stereocenters. The molecular weight excluding hydrogens is 172 g/mol. The van der Waals surface area contributed by atoms with Crippen molar-refractivity contribution < 1.29 is 14.3 Å². The van der Waals surface area contributed by atoms with E-state index in [2.05, 4.69) is 5.32 Å². The molecule has 0 aromatic carbocycles. The van der Waals surface area contributed by atoms with Crippen molar-refractivity contribution in [1.82, 2.24) is 10.2 Å². The average Bonchev–Trinajstić information content (AvgIpc) is 2.71. The molecule has 0 saturated carbocycles.